The minimum absolute atomic E-state index is 0.0934. The number of esters is 1. The number of hydrogen-bond donors (Lipinski definition) is 2. The van der Waals surface area contributed by atoms with Crippen molar-refractivity contribution in [2.24, 2.45) is 0 Å². The predicted molar refractivity (Wildman–Crippen MR) is 108 cm³/mol. The minimum Gasteiger partial charge on any atom is -0.455 e. The van der Waals surface area contributed by atoms with Crippen LogP contribution in [-0.2, 0) is 25.5 Å². The largest absolute Gasteiger partial charge is 0.455 e. The van der Waals surface area contributed by atoms with Crippen molar-refractivity contribution in [3.63, 3.8) is 0 Å². The lowest BCUT2D eigenvalue weighted by Gasteiger charge is -2.09. The van der Waals surface area contributed by atoms with Gasteiger partial charge >= 0.3 is 5.97 Å². The monoisotopic (exact) mass is 376 g/mol. The summed E-state index contributed by atoms with van der Waals surface area (Å²) >= 11 is 0. The van der Waals surface area contributed by atoms with E-state index in [1.807, 2.05) is 42.5 Å². The maximum atomic E-state index is 12.0. The average Bonchev–Trinajstić information content (AvgIpc) is 2.66. The zero-order valence-electron chi connectivity index (χ0n) is 15.4. The van der Waals surface area contributed by atoms with Gasteiger partial charge in [0.05, 0.1) is 6.42 Å². The quantitative estimate of drug-likeness (QED) is 0.645. The van der Waals surface area contributed by atoms with Crippen molar-refractivity contribution >= 4 is 39.9 Å². The molecule has 0 unspecified atom stereocenters. The topological polar surface area (TPSA) is 84.5 Å². The van der Waals surface area contributed by atoms with Crippen LogP contribution in [0.3, 0.4) is 0 Å². The van der Waals surface area contributed by atoms with Gasteiger partial charge in [0.1, 0.15) is 0 Å². The molecule has 2 N–H and O–H groups in total. The fourth-order valence-electron chi connectivity index (χ4n) is 2.79. The Kier molecular flexibility index (Phi) is 6.01. The van der Waals surface area contributed by atoms with Crippen LogP contribution >= 0.6 is 0 Å². The lowest BCUT2D eigenvalue weighted by atomic mass is 10.1. The van der Waals surface area contributed by atoms with E-state index in [1.165, 1.54) is 6.92 Å². The number of anilines is 2. The molecule has 0 bridgehead atoms. The number of rotatable bonds is 6. The first kappa shape index (κ1) is 19.1. The number of benzene rings is 3. The highest BCUT2D eigenvalue weighted by atomic mass is 16.5. The van der Waals surface area contributed by atoms with Gasteiger partial charge in [0, 0.05) is 18.3 Å². The number of nitrogens with one attached hydrogen (secondary N) is 2. The summed E-state index contributed by atoms with van der Waals surface area (Å²) < 4.78 is 5.07. The van der Waals surface area contributed by atoms with Gasteiger partial charge in [-0.3, -0.25) is 14.4 Å². The van der Waals surface area contributed by atoms with Crippen LogP contribution in [-0.4, -0.2) is 24.4 Å². The van der Waals surface area contributed by atoms with Crippen LogP contribution in [0.5, 0.6) is 0 Å². The second-order valence-corrected chi connectivity index (χ2v) is 6.33. The van der Waals surface area contributed by atoms with Crippen LogP contribution in [0.1, 0.15) is 12.5 Å². The molecule has 6 nitrogen and oxygen atoms in total. The Labute approximate surface area is 162 Å². The Morgan fingerprint density at radius 1 is 0.821 bits per heavy atom. The van der Waals surface area contributed by atoms with Crippen LogP contribution in [0, 0.1) is 0 Å². The summed E-state index contributed by atoms with van der Waals surface area (Å²) in [6.45, 7) is 1.02. The Bertz CT molecular complexity index is 1030. The number of carbonyl (C=O) groups excluding carboxylic acids is 3. The van der Waals surface area contributed by atoms with Crippen LogP contribution < -0.4 is 10.6 Å². The molecule has 0 aliphatic heterocycles. The van der Waals surface area contributed by atoms with Gasteiger partial charge in [-0.2, -0.15) is 0 Å². The summed E-state index contributed by atoms with van der Waals surface area (Å²) in [5.74, 6) is -1.13. The van der Waals surface area contributed by atoms with Crippen molar-refractivity contribution in [2.45, 2.75) is 13.3 Å². The van der Waals surface area contributed by atoms with Crippen LogP contribution in [0.25, 0.3) is 10.8 Å². The van der Waals surface area contributed by atoms with Crippen molar-refractivity contribution < 1.29 is 19.1 Å². The molecule has 0 fully saturated rings. The number of fused-ring (bicyclic) bond motifs is 1. The summed E-state index contributed by atoms with van der Waals surface area (Å²) in [5, 5.41) is 7.41. The van der Waals surface area contributed by atoms with Crippen molar-refractivity contribution in [3.05, 3.63) is 72.3 Å². The fourth-order valence-corrected chi connectivity index (χ4v) is 2.79. The van der Waals surface area contributed by atoms with Gasteiger partial charge in [0.2, 0.25) is 5.91 Å². The van der Waals surface area contributed by atoms with Gasteiger partial charge in [0.25, 0.3) is 5.91 Å². The predicted octanol–water partition coefficient (Wildman–Crippen LogP) is 3.52. The first-order valence-electron chi connectivity index (χ1n) is 8.80. The van der Waals surface area contributed by atoms with Crippen LogP contribution in [0.15, 0.2) is 66.7 Å². The molecule has 3 rings (SSSR count). The van der Waals surface area contributed by atoms with E-state index in [2.05, 4.69) is 10.6 Å². The van der Waals surface area contributed by atoms with Gasteiger partial charge in [-0.15, -0.1) is 0 Å². The number of hydrogen-bond acceptors (Lipinski definition) is 4. The highest BCUT2D eigenvalue weighted by Crippen LogP contribution is 2.17. The molecular formula is C22H20N2O4. The zero-order chi connectivity index (χ0) is 19.9. The van der Waals surface area contributed by atoms with Crippen molar-refractivity contribution in [1.29, 1.82) is 0 Å². The van der Waals surface area contributed by atoms with Crippen LogP contribution in [0.2, 0.25) is 0 Å². The third kappa shape index (κ3) is 5.41. The molecule has 0 atom stereocenters. The molecule has 0 radical (unpaired) electrons. The average molecular weight is 376 g/mol. The van der Waals surface area contributed by atoms with E-state index >= 15 is 0 Å². The van der Waals surface area contributed by atoms with Crippen molar-refractivity contribution in [2.75, 3.05) is 17.2 Å². The molecule has 0 aliphatic carbocycles. The second-order valence-electron chi connectivity index (χ2n) is 6.33. The SMILES string of the molecule is CC(=O)Nc1cccc(NC(=O)COC(=O)Cc2ccc3ccccc3c2)c1. The lowest BCUT2D eigenvalue weighted by Crippen LogP contribution is -2.21. The molecule has 3 aromatic rings. The molecule has 6 heteroatoms. The molecule has 142 valence electrons. The Balaban J connectivity index is 1.51. The molecule has 28 heavy (non-hydrogen) atoms. The minimum atomic E-state index is -0.475. The molecule has 0 saturated carbocycles. The molecule has 2 amide bonds. The lowest BCUT2D eigenvalue weighted by molar-refractivity contribution is -0.146. The number of carbonyl (C=O) groups is 3. The summed E-state index contributed by atoms with van der Waals surface area (Å²) in [7, 11) is 0. The third-order valence-electron chi connectivity index (χ3n) is 3.99. The molecule has 0 spiro atoms. The Morgan fingerprint density at radius 3 is 2.29 bits per heavy atom. The molecule has 3 aromatic carbocycles. The van der Waals surface area contributed by atoms with E-state index < -0.39 is 11.9 Å². The van der Waals surface area contributed by atoms with Crippen molar-refractivity contribution in [1.82, 2.24) is 0 Å². The third-order valence-corrected chi connectivity index (χ3v) is 3.99. The molecule has 0 aliphatic rings. The zero-order valence-corrected chi connectivity index (χ0v) is 15.4. The number of amides is 2. The molecule has 0 aromatic heterocycles. The van der Waals surface area contributed by atoms with Gasteiger partial charge in [0.15, 0.2) is 6.61 Å². The summed E-state index contributed by atoms with van der Waals surface area (Å²) in [4.78, 5) is 35.1. The molecular weight excluding hydrogens is 356 g/mol. The summed E-state index contributed by atoms with van der Waals surface area (Å²) in [6, 6.07) is 20.4. The van der Waals surface area contributed by atoms with Gasteiger partial charge < -0.3 is 15.4 Å². The molecule has 0 saturated heterocycles. The van der Waals surface area contributed by atoms with E-state index in [0.29, 0.717) is 11.4 Å². The Morgan fingerprint density at radius 2 is 1.54 bits per heavy atom. The highest BCUT2D eigenvalue weighted by molar-refractivity contribution is 5.94. The Hall–Kier alpha value is -3.67. The maximum Gasteiger partial charge on any atom is 0.310 e. The van der Waals surface area contributed by atoms with E-state index in [-0.39, 0.29) is 18.9 Å². The van der Waals surface area contributed by atoms with E-state index in [0.717, 1.165) is 16.3 Å². The smallest absolute Gasteiger partial charge is 0.310 e. The fraction of sp³-hybridized carbons (Fsp3) is 0.136. The first-order chi connectivity index (χ1) is 13.5. The number of ether oxygens (including phenoxy) is 1. The summed E-state index contributed by atoms with van der Waals surface area (Å²) in [6.07, 6.45) is 0.0934. The highest BCUT2D eigenvalue weighted by Gasteiger charge is 2.10. The first-order valence-corrected chi connectivity index (χ1v) is 8.80. The normalized spacial score (nSPS) is 10.3. The van der Waals surface area contributed by atoms with E-state index in [9.17, 15) is 14.4 Å². The van der Waals surface area contributed by atoms with E-state index in [1.54, 1.807) is 24.3 Å². The summed E-state index contributed by atoms with van der Waals surface area (Å²) in [5.41, 5.74) is 1.90. The van der Waals surface area contributed by atoms with E-state index in [4.69, 9.17) is 4.74 Å². The van der Waals surface area contributed by atoms with Gasteiger partial charge in [-0.05, 0) is 34.5 Å². The second kappa shape index (κ2) is 8.81. The van der Waals surface area contributed by atoms with Crippen molar-refractivity contribution in [3.8, 4) is 0 Å². The standard InChI is InChI=1S/C22H20N2O4/c1-15(25)23-19-7-4-8-20(13-19)24-21(26)14-28-22(27)12-16-9-10-17-5-2-3-6-18(17)11-16/h2-11,13H,12,14H2,1H3,(H,23,25)(H,24,26). The van der Waals surface area contributed by atoms with Crippen LogP contribution in [0.4, 0.5) is 11.4 Å². The van der Waals surface area contributed by atoms with Gasteiger partial charge in [-0.25, -0.2) is 0 Å². The van der Waals surface area contributed by atoms with Gasteiger partial charge in [-0.1, -0.05) is 48.5 Å². The molecule has 0 heterocycles. The maximum absolute atomic E-state index is 12.0.